The monoisotopic (exact) mass is 338 g/mol. The first kappa shape index (κ1) is 17.5. The van der Waals surface area contributed by atoms with Crippen LogP contribution in [0.5, 0.6) is 0 Å². The zero-order valence-corrected chi connectivity index (χ0v) is 15.2. The Kier molecular flexibility index (Phi) is 5.39. The zero-order chi connectivity index (χ0) is 17.8. The molecule has 1 N–H and O–H groups in total. The quantitative estimate of drug-likeness (QED) is 0.793. The van der Waals surface area contributed by atoms with Crippen molar-refractivity contribution in [3.05, 3.63) is 65.2 Å². The van der Waals surface area contributed by atoms with E-state index >= 15 is 0 Å². The van der Waals surface area contributed by atoms with Gasteiger partial charge in [-0.2, -0.15) is 0 Å². The van der Waals surface area contributed by atoms with Gasteiger partial charge in [0, 0.05) is 25.9 Å². The van der Waals surface area contributed by atoms with E-state index in [1.165, 1.54) is 5.56 Å². The Bertz CT molecular complexity index is 725. The average Bonchev–Trinajstić information content (AvgIpc) is 2.63. The summed E-state index contributed by atoms with van der Waals surface area (Å²) in [5, 5.41) is 3.53. The first-order valence-electron chi connectivity index (χ1n) is 8.87. The minimum Gasteiger partial charge on any atom is -0.385 e. The smallest absolute Gasteiger partial charge is 0.257 e. The largest absolute Gasteiger partial charge is 0.385 e. The summed E-state index contributed by atoms with van der Waals surface area (Å²) in [6, 6.07) is 16.3. The second kappa shape index (κ2) is 7.70. The van der Waals surface area contributed by atoms with E-state index in [1.807, 2.05) is 29.2 Å². The molecule has 1 aliphatic rings. The number of nitrogens with zero attached hydrogens (tertiary/aromatic N) is 1. The highest BCUT2D eigenvalue weighted by Crippen LogP contribution is 2.33. The first-order valence-corrected chi connectivity index (χ1v) is 8.87. The third-order valence-corrected chi connectivity index (χ3v) is 4.69. The van der Waals surface area contributed by atoms with Gasteiger partial charge in [-0.05, 0) is 35.6 Å². The number of hydrogen-bond acceptors (Lipinski definition) is 3. The Hall–Kier alpha value is -2.33. The predicted octanol–water partition coefficient (Wildman–Crippen LogP) is 4.41. The molecule has 25 heavy (non-hydrogen) atoms. The summed E-state index contributed by atoms with van der Waals surface area (Å²) in [4.78, 5) is 14.9. The number of ether oxygens (including phenoxy) is 1. The Labute approximate surface area is 149 Å². The Morgan fingerprint density at radius 1 is 1.12 bits per heavy atom. The number of fused-ring (bicyclic) bond motifs is 1. The number of carbonyl (C=O) groups is 1. The van der Waals surface area contributed by atoms with Crippen LogP contribution in [0.1, 0.15) is 53.8 Å². The van der Waals surface area contributed by atoms with Crippen LogP contribution in [-0.2, 0) is 4.74 Å². The third kappa shape index (κ3) is 3.69. The van der Waals surface area contributed by atoms with Gasteiger partial charge in [0.1, 0.15) is 6.17 Å². The lowest BCUT2D eigenvalue weighted by Gasteiger charge is -2.38. The van der Waals surface area contributed by atoms with Crippen molar-refractivity contribution in [2.75, 3.05) is 25.6 Å². The van der Waals surface area contributed by atoms with Crippen molar-refractivity contribution >= 4 is 11.6 Å². The molecule has 4 nitrogen and oxygen atoms in total. The molecule has 0 fully saturated rings. The number of methoxy groups -OCH3 is 1. The Morgan fingerprint density at radius 2 is 1.84 bits per heavy atom. The molecule has 4 heteroatoms. The van der Waals surface area contributed by atoms with Crippen LogP contribution in [0.15, 0.2) is 48.5 Å². The number of anilines is 1. The van der Waals surface area contributed by atoms with E-state index in [9.17, 15) is 4.79 Å². The molecule has 0 aliphatic carbocycles. The van der Waals surface area contributed by atoms with Gasteiger partial charge < -0.3 is 15.0 Å². The first-order chi connectivity index (χ1) is 12.1. The van der Waals surface area contributed by atoms with E-state index in [0.717, 1.165) is 23.2 Å². The summed E-state index contributed by atoms with van der Waals surface area (Å²) in [6.07, 6.45) is 0.660. The molecule has 1 unspecified atom stereocenters. The fourth-order valence-electron chi connectivity index (χ4n) is 3.23. The molecule has 1 heterocycles. The van der Waals surface area contributed by atoms with Crippen LogP contribution < -0.4 is 5.32 Å². The predicted molar refractivity (Wildman–Crippen MR) is 101 cm³/mol. The highest BCUT2D eigenvalue weighted by molar-refractivity contribution is 6.01. The molecule has 1 amide bonds. The summed E-state index contributed by atoms with van der Waals surface area (Å²) in [5.41, 5.74) is 4.03. The SMILES string of the molecule is COCCCN1C(=O)c2ccccc2NC1c1ccc(C(C)C)cc1. The Balaban J connectivity index is 1.92. The van der Waals surface area contributed by atoms with E-state index in [-0.39, 0.29) is 12.1 Å². The lowest BCUT2D eigenvalue weighted by molar-refractivity contribution is 0.0660. The van der Waals surface area contributed by atoms with Gasteiger partial charge in [-0.25, -0.2) is 0 Å². The molecule has 0 saturated carbocycles. The van der Waals surface area contributed by atoms with Crippen molar-refractivity contribution in [1.29, 1.82) is 0 Å². The maximum atomic E-state index is 13.0. The van der Waals surface area contributed by atoms with Crippen molar-refractivity contribution in [1.82, 2.24) is 4.90 Å². The van der Waals surface area contributed by atoms with E-state index in [4.69, 9.17) is 4.74 Å². The van der Waals surface area contributed by atoms with Crippen molar-refractivity contribution in [2.45, 2.75) is 32.4 Å². The maximum Gasteiger partial charge on any atom is 0.257 e. The van der Waals surface area contributed by atoms with Crippen LogP contribution >= 0.6 is 0 Å². The topological polar surface area (TPSA) is 41.6 Å². The van der Waals surface area contributed by atoms with Gasteiger partial charge in [-0.1, -0.05) is 50.2 Å². The number of carbonyl (C=O) groups excluding carboxylic acids is 1. The molecule has 0 saturated heterocycles. The minimum atomic E-state index is -0.152. The van der Waals surface area contributed by atoms with Crippen molar-refractivity contribution in [2.24, 2.45) is 0 Å². The molecule has 0 bridgehead atoms. The molecule has 0 spiro atoms. The molecule has 0 radical (unpaired) electrons. The van der Waals surface area contributed by atoms with Gasteiger partial charge in [-0.3, -0.25) is 4.79 Å². The van der Waals surface area contributed by atoms with Gasteiger partial charge in [-0.15, -0.1) is 0 Å². The van der Waals surface area contributed by atoms with Gasteiger partial charge in [0.2, 0.25) is 0 Å². The molecule has 2 aromatic rings. The Morgan fingerprint density at radius 3 is 2.52 bits per heavy atom. The number of hydrogen-bond donors (Lipinski definition) is 1. The van der Waals surface area contributed by atoms with E-state index in [1.54, 1.807) is 7.11 Å². The van der Waals surface area contributed by atoms with Crippen LogP contribution in [-0.4, -0.2) is 31.1 Å². The van der Waals surface area contributed by atoms with Crippen molar-refractivity contribution < 1.29 is 9.53 Å². The summed E-state index contributed by atoms with van der Waals surface area (Å²) in [6.45, 7) is 5.67. The van der Waals surface area contributed by atoms with E-state index < -0.39 is 0 Å². The van der Waals surface area contributed by atoms with Gasteiger partial charge in [0.25, 0.3) is 5.91 Å². The van der Waals surface area contributed by atoms with Crippen LogP contribution in [0.4, 0.5) is 5.69 Å². The van der Waals surface area contributed by atoms with E-state index in [0.29, 0.717) is 19.1 Å². The molecule has 0 aromatic heterocycles. The molecule has 132 valence electrons. The normalized spacial score (nSPS) is 16.7. The van der Waals surface area contributed by atoms with Gasteiger partial charge in [0.05, 0.1) is 5.56 Å². The van der Waals surface area contributed by atoms with Crippen LogP contribution in [0.25, 0.3) is 0 Å². The summed E-state index contributed by atoms with van der Waals surface area (Å²) >= 11 is 0. The zero-order valence-electron chi connectivity index (χ0n) is 15.2. The average molecular weight is 338 g/mol. The second-order valence-electron chi connectivity index (χ2n) is 6.76. The third-order valence-electron chi connectivity index (χ3n) is 4.69. The molecule has 1 aliphatic heterocycles. The summed E-state index contributed by atoms with van der Waals surface area (Å²) < 4.78 is 5.16. The molecule has 2 aromatic carbocycles. The number of benzene rings is 2. The highest BCUT2D eigenvalue weighted by Gasteiger charge is 2.32. The lowest BCUT2D eigenvalue weighted by Crippen LogP contribution is -2.43. The van der Waals surface area contributed by atoms with Crippen molar-refractivity contribution in [3.8, 4) is 0 Å². The number of rotatable bonds is 6. The van der Waals surface area contributed by atoms with Crippen molar-refractivity contribution in [3.63, 3.8) is 0 Å². The fourth-order valence-corrected chi connectivity index (χ4v) is 3.23. The fraction of sp³-hybridized carbons (Fsp3) is 0.381. The van der Waals surface area contributed by atoms with Crippen LogP contribution in [0, 0.1) is 0 Å². The van der Waals surface area contributed by atoms with Crippen LogP contribution in [0.2, 0.25) is 0 Å². The maximum absolute atomic E-state index is 13.0. The molecular weight excluding hydrogens is 312 g/mol. The highest BCUT2D eigenvalue weighted by atomic mass is 16.5. The number of nitrogens with one attached hydrogen (secondary N) is 1. The van der Waals surface area contributed by atoms with Gasteiger partial charge in [0.15, 0.2) is 0 Å². The standard InChI is InChI=1S/C21H26N2O2/c1-15(2)16-9-11-17(12-10-16)20-22-19-8-5-4-7-18(19)21(24)23(20)13-6-14-25-3/h4-5,7-12,15,20,22H,6,13-14H2,1-3H3. The van der Waals surface area contributed by atoms with Gasteiger partial charge >= 0.3 is 0 Å². The number of para-hydroxylation sites is 1. The summed E-state index contributed by atoms with van der Waals surface area (Å²) in [5.74, 6) is 0.567. The van der Waals surface area contributed by atoms with E-state index in [2.05, 4.69) is 43.4 Å². The molecule has 1 atom stereocenters. The molecular formula is C21H26N2O2. The molecule has 3 rings (SSSR count). The lowest BCUT2D eigenvalue weighted by atomic mass is 9.98. The minimum absolute atomic E-state index is 0.0726. The second-order valence-corrected chi connectivity index (χ2v) is 6.76. The summed E-state index contributed by atoms with van der Waals surface area (Å²) in [7, 11) is 1.69. The van der Waals surface area contributed by atoms with Crippen LogP contribution in [0.3, 0.4) is 0 Å². The number of amides is 1.